The number of anilines is 1. The van der Waals surface area contributed by atoms with Gasteiger partial charge in [-0.2, -0.15) is 0 Å². The summed E-state index contributed by atoms with van der Waals surface area (Å²) in [5.41, 5.74) is 1.40. The van der Waals surface area contributed by atoms with Crippen molar-refractivity contribution in [3.63, 3.8) is 0 Å². The predicted molar refractivity (Wildman–Crippen MR) is 134 cm³/mol. The quantitative estimate of drug-likeness (QED) is 0.361. The standard InChI is InChI=1S/C24H28Cl2N2O5S/c1-2-3-13-33-24(30)17-7-10-21(11-8-17)27-23(29)18-5-4-12-28(15-18)34(31,32)16-19-6-9-20(25)14-22(19)26/h6-11,14,18H,2-5,12-13,15-16H2,1H3,(H,27,29)/t18-/m1/s1. The maximum atomic E-state index is 13.0. The van der Waals surface area contributed by atoms with E-state index < -0.39 is 21.9 Å². The zero-order chi connectivity index (χ0) is 24.7. The van der Waals surface area contributed by atoms with Crippen LogP contribution in [-0.2, 0) is 25.3 Å². The summed E-state index contributed by atoms with van der Waals surface area (Å²) in [5.74, 6) is -1.40. The number of piperidine rings is 1. The van der Waals surface area contributed by atoms with E-state index in [2.05, 4.69) is 5.32 Å². The Hall–Kier alpha value is -2.13. The molecule has 1 N–H and O–H groups in total. The first kappa shape index (κ1) is 26.5. The molecule has 184 valence electrons. The number of nitrogens with one attached hydrogen (secondary N) is 1. The van der Waals surface area contributed by atoms with E-state index in [-0.39, 0.29) is 18.2 Å². The number of carbonyl (C=O) groups is 2. The third-order valence-electron chi connectivity index (χ3n) is 5.62. The van der Waals surface area contributed by atoms with Crippen LogP contribution in [0.2, 0.25) is 10.0 Å². The van der Waals surface area contributed by atoms with Crippen LogP contribution >= 0.6 is 23.2 Å². The lowest BCUT2D eigenvalue weighted by Gasteiger charge is -2.31. The van der Waals surface area contributed by atoms with Gasteiger partial charge in [0, 0.05) is 28.8 Å². The summed E-state index contributed by atoms with van der Waals surface area (Å²) in [5, 5.41) is 3.54. The van der Waals surface area contributed by atoms with Gasteiger partial charge < -0.3 is 10.1 Å². The Morgan fingerprint density at radius 1 is 1.15 bits per heavy atom. The molecule has 0 aliphatic carbocycles. The molecule has 1 fully saturated rings. The van der Waals surface area contributed by atoms with Gasteiger partial charge in [0.2, 0.25) is 15.9 Å². The third-order valence-corrected chi connectivity index (χ3v) is 8.00. The summed E-state index contributed by atoms with van der Waals surface area (Å²) < 4.78 is 32.5. The second kappa shape index (κ2) is 12.0. The molecule has 1 saturated heterocycles. The van der Waals surface area contributed by atoms with E-state index in [1.165, 1.54) is 10.4 Å². The number of ether oxygens (including phenoxy) is 1. The van der Waals surface area contributed by atoms with Gasteiger partial charge in [0.15, 0.2) is 0 Å². The molecule has 1 atom stereocenters. The molecule has 2 aromatic carbocycles. The summed E-state index contributed by atoms with van der Waals surface area (Å²) in [6.07, 6.45) is 2.91. The highest BCUT2D eigenvalue weighted by Crippen LogP contribution is 2.27. The number of amides is 1. The number of carbonyl (C=O) groups excluding carboxylic acids is 2. The summed E-state index contributed by atoms with van der Waals surface area (Å²) in [7, 11) is -3.66. The van der Waals surface area contributed by atoms with E-state index in [1.54, 1.807) is 36.4 Å². The molecule has 1 amide bonds. The van der Waals surface area contributed by atoms with Gasteiger partial charge in [-0.15, -0.1) is 0 Å². The van der Waals surface area contributed by atoms with Crippen molar-refractivity contribution in [2.24, 2.45) is 5.92 Å². The van der Waals surface area contributed by atoms with Crippen LogP contribution in [0.4, 0.5) is 5.69 Å². The van der Waals surface area contributed by atoms with E-state index in [0.717, 1.165) is 12.8 Å². The molecule has 0 bridgehead atoms. The predicted octanol–water partition coefficient (Wildman–Crippen LogP) is 5.13. The summed E-state index contributed by atoms with van der Waals surface area (Å²) in [6.45, 7) is 2.84. The van der Waals surface area contributed by atoms with Crippen LogP contribution in [0.3, 0.4) is 0 Å². The highest BCUT2D eigenvalue weighted by atomic mass is 35.5. The Labute approximate surface area is 210 Å². The van der Waals surface area contributed by atoms with Gasteiger partial charge in [-0.1, -0.05) is 42.6 Å². The fraction of sp³-hybridized carbons (Fsp3) is 0.417. The molecule has 1 aliphatic heterocycles. The van der Waals surface area contributed by atoms with E-state index in [9.17, 15) is 18.0 Å². The molecule has 0 radical (unpaired) electrons. The molecule has 7 nitrogen and oxygen atoms in total. The SMILES string of the molecule is CCCCOC(=O)c1ccc(NC(=O)[C@@H]2CCCN(S(=O)(=O)Cc3ccc(Cl)cc3Cl)C2)cc1. The molecule has 0 aromatic heterocycles. The van der Waals surface area contributed by atoms with E-state index in [0.29, 0.717) is 52.9 Å². The number of sulfonamides is 1. The molecule has 34 heavy (non-hydrogen) atoms. The van der Waals surface area contributed by atoms with Crippen molar-refractivity contribution in [3.05, 3.63) is 63.6 Å². The molecule has 3 rings (SSSR count). The third kappa shape index (κ3) is 7.18. The zero-order valence-electron chi connectivity index (χ0n) is 18.9. The van der Waals surface area contributed by atoms with Crippen LogP contribution in [0, 0.1) is 5.92 Å². The lowest BCUT2D eigenvalue weighted by atomic mass is 9.98. The van der Waals surface area contributed by atoms with Crippen molar-refractivity contribution in [2.45, 2.75) is 38.4 Å². The highest BCUT2D eigenvalue weighted by molar-refractivity contribution is 7.88. The number of hydrogen-bond acceptors (Lipinski definition) is 5. The Bertz CT molecular complexity index is 1120. The van der Waals surface area contributed by atoms with Crippen molar-refractivity contribution in [1.82, 2.24) is 4.31 Å². The lowest BCUT2D eigenvalue weighted by Crippen LogP contribution is -2.44. The number of esters is 1. The van der Waals surface area contributed by atoms with Crippen molar-refractivity contribution >= 4 is 50.8 Å². The molecule has 1 aliphatic rings. The van der Waals surface area contributed by atoms with Crippen LogP contribution in [0.5, 0.6) is 0 Å². The molecular formula is C24H28Cl2N2O5S. The molecule has 2 aromatic rings. The Balaban J connectivity index is 1.59. The summed E-state index contributed by atoms with van der Waals surface area (Å²) in [6, 6.07) is 11.2. The van der Waals surface area contributed by atoms with Crippen molar-refractivity contribution in [1.29, 1.82) is 0 Å². The second-order valence-electron chi connectivity index (χ2n) is 8.25. The molecule has 0 unspecified atom stereocenters. The van der Waals surface area contributed by atoms with Crippen molar-refractivity contribution < 1.29 is 22.7 Å². The van der Waals surface area contributed by atoms with Crippen LogP contribution in [0.1, 0.15) is 48.5 Å². The molecule has 1 heterocycles. The largest absolute Gasteiger partial charge is 0.462 e. The fourth-order valence-corrected chi connectivity index (χ4v) is 5.86. The van der Waals surface area contributed by atoms with Gasteiger partial charge in [-0.25, -0.2) is 17.5 Å². The minimum Gasteiger partial charge on any atom is -0.462 e. The molecule has 0 saturated carbocycles. The average Bonchev–Trinajstić information content (AvgIpc) is 2.81. The maximum Gasteiger partial charge on any atom is 0.338 e. The number of rotatable bonds is 9. The first-order valence-corrected chi connectivity index (χ1v) is 13.6. The minimum atomic E-state index is -3.66. The van der Waals surface area contributed by atoms with Gasteiger partial charge in [-0.3, -0.25) is 4.79 Å². The zero-order valence-corrected chi connectivity index (χ0v) is 21.3. The van der Waals surface area contributed by atoms with Crippen molar-refractivity contribution in [2.75, 3.05) is 25.0 Å². The number of hydrogen-bond donors (Lipinski definition) is 1. The van der Waals surface area contributed by atoms with Gasteiger partial charge in [0.1, 0.15) is 0 Å². The van der Waals surface area contributed by atoms with Gasteiger partial charge in [0.25, 0.3) is 0 Å². The second-order valence-corrected chi connectivity index (χ2v) is 11.1. The lowest BCUT2D eigenvalue weighted by molar-refractivity contribution is -0.120. The van der Waals surface area contributed by atoms with E-state index in [1.807, 2.05) is 6.92 Å². The highest BCUT2D eigenvalue weighted by Gasteiger charge is 2.32. The van der Waals surface area contributed by atoms with Crippen LogP contribution in [0.15, 0.2) is 42.5 Å². The Morgan fingerprint density at radius 2 is 1.88 bits per heavy atom. The first-order valence-electron chi connectivity index (χ1n) is 11.2. The normalized spacial score (nSPS) is 16.7. The molecular weight excluding hydrogens is 499 g/mol. The van der Waals surface area contributed by atoms with Crippen LogP contribution < -0.4 is 5.32 Å². The Kier molecular flexibility index (Phi) is 9.36. The number of halogens is 2. The van der Waals surface area contributed by atoms with Gasteiger partial charge in [0.05, 0.1) is 23.8 Å². The van der Waals surface area contributed by atoms with E-state index in [4.69, 9.17) is 27.9 Å². The topological polar surface area (TPSA) is 92.8 Å². The number of benzene rings is 2. The number of unbranched alkanes of at least 4 members (excludes halogenated alkanes) is 1. The summed E-state index contributed by atoms with van der Waals surface area (Å²) in [4.78, 5) is 24.8. The van der Waals surface area contributed by atoms with Gasteiger partial charge in [-0.05, 0) is 61.2 Å². The van der Waals surface area contributed by atoms with Gasteiger partial charge >= 0.3 is 5.97 Å². The smallest absolute Gasteiger partial charge is 0.338 e. The fourth-order valence-electron chi connectivity index (χ4n) is 3.66. The monoisotopic (exact) mass is 526 g/mol. The van der Waals surface area contributed by atoms with Crippen molar-refractivity contribution in [3.8, 4) is 0 Å². The summed E-state index contributed by atoms with van der Waals surface area (Å²) >= 11 is 12.0. The Morgan fingerprint density at radius 3 is 2.56 bits per heavy atom. The van der Waals surface area contributed by atoms with E-state index >= 15 is 0 Å². The first-order chi connectivity index (χ1) is 16.2. The molecule has 10 heteroatoms. The minimum absolute atomic E-state index is 0.0984. The average molecular weight is 527 g/mol. The maximum absolute atomic E-state index is 13.0. The number of nitrogens with zero attached hydrogens (tertiary/aromatic N) is 1. The van der Waals surface area contributed by atoms with Crippen LogP contribution in [0.25, 0.3) is 0 Å². The van der Waals surface area contributed by atoms with Crippen LogP contribution in [-0.4, -0.2) is 44.3 Å². The molecule has 0 spiro atoms.